The van der Waals surface area contributed by atoms with E-state index in [1.807, 2.05) is 0 Å². The van der Waals surface area contributed by atoms with Gasteiger partial charge in [0.25, 0.3) is 5.91 Å². The van der Waals surface area contributed by atoms with Crippen molar-refractivity contribution in [3.8, 4) is 0 Å². The first-order chi connectivity index (χ1) is 9.80. The molecule has 0 aromatic carbocycles. The summed E-state index contributed by atoms with van der Waals surface area (Å²) >= 11 is 0. The molecule has 0 atom stereocenters. The minimum absolute atomic E-state index is 0. The predicted molar refractivity (Wildman–Crippen MR) is 86.1 cm³/mol. The number of pyridine rings is 1. The molecule has 0 saturated heterocycles. The third-order valence-electron chi connectivity index (χ3n) is 3.77. The third-order valence-corrected chi connectivity index (χ3v) is 3.77. The van der Waals surface area contributed by atoms with E-state index in [1.165, 1.54) is 0 Å². The molecular weight excluding hydrogens is 354 g/mol. The summed E-state index contributed by atoms with van der Waals surface area (Å²) < 4.78 is 37.1. The van der Waals surface area contributed by atoms with Gasteiger partial charge in [0, 0.05) is 18.3 Å². The molecule has 1 aromatic rings. The minimum Gasteiger partial charge on any atom is -0.350 e. The van der Waals surface area contributed by atoms with E-state index < -0.39 is 23.3 Å². The topological polar surface area (TPSA) is 68.0 Å². The zero-order valence-electron chi connectivity index (χ0n) is 12.4. The Morgan fingerprint density at radius 1 is 1.22 bits per heavy atom. The molecule has 3 N–H and O–H groups in total. The van der Waals surface area contributed by atoms with Gasteiger partial charge in [-0.25, -0.2) is 0 Å². The minimum atomic E-state index is -4.50. The molecule has 1 saturated carbocycles. The summed E-state index contributed by atoms with van der Waals surface area (Å²) in [6.07, 6.45) is 1.34. The third kappa shape index (κ3) is 6.16. The summed E-state index contributed by atoms with van der Waals surface area (Å²) in [4.78, 5) is 15.2. The highest BCUT2D eigenvalue weighted by Gasteiger charge is 2.32. The average Bonchev–Trinajstić information content (AvgIpc) is 2.45. The number of hydrogen-bond donors (Lipinski definition) is 2. The fourth-order valence-corrected chi connectivity index (χ4v) is 2.49. The Bertz CT molecular complexity index is 503. The van der Waals surface area contributed by atoms with Crippen molar-refractivity contribution in [1.29, 1.82) is 0 Å². The van der Waals surface area contributed by atoms with Crippen molar-refractivity contribution < 1.29 is 18.0 Å². The standard InChI is InChI=1S/C14H18F3N3O.2ClH/c15-14(16,17)11-5-4-10(8-19-11)12(21)20-9-13(18)6-2-1-3-7-13;;/h4-5,8H,1-3,6-7,9,18H2,(H,20,21);2*1H. The molecule has 0 spiro atoms. The molecule has 0 aliphatic heterocycles. The second-order valence-corrected chi connectivity index (χ2v) is 5.54. The number of nitrogens with one attached hydrogen (secondary N) is 1. The van der Waals surface area contributed by atoms with Gasteiger partial charge in [-0.05, 0) is 25.0 Å². The summed E-state index contributed by atoms with van der Waals surface area (Å²) in [6.45, 7) is 0.326. The van der Waals surface area contributed by atoms with Crippen LogP contribution in [0.3, 0.4) is 0 Å². The number of carbonyl (C=O) groups excluding carboxylic acids is 1. The fraction of sp³-hybridized carbons (Fsp3) is 0.571. The van der Waals surface area contributed by atoms with Gasteiger partial charge in [-0.1, -0.05) is 19.3 Å². The Kier molecular flexibility index (Phi) is 8.31. The molecule has 2 rings (SSSR count). The van der Waals surface area contributed by atoms with Crippen LogP contribution in [0.15, 0.2) is 18.3 Å². The van der Waals surface area contributed by atoms with E-state index in [2.05, 4.69) is 10.3 Å². The maximum atomic E-state index is 12.4. The number of carbonyl (C=O) groups is 1. The van der Waals surface area contributed by atoms with Gasteiger partial charge in [0.1, 0.15) is 5.69 Å². The smallest absolute Gasteiger partial charge is 0.350 e. The molecule has 0 unspecified atom stereocenters. The second-order valence-electron chi connectivity index (χ2n) is 5.54. The monoisotopic (exact) mass is 373 g/mol. The van der Waals surface area contributed by atoms with Crippen LogP contribution in [-0.4, -0.2) is 23.0 Å². The van der Waals surface area contributed by atoms with E-state index in [-0.39, 0.29) is 30.4 Å². The summed E-state index contributed by atoms with van der Waals surface area (Å²) in [6, 6.07) is 1.92. The lowest BCUT2D eigenvalue weighted by molar-refractivity contribution is -0.141. The van der Waals surface area contributed by atoms with Crippen molar-refractivity contribution in [3.63, 3.8) is 0 Å². The zero-order valence-corrected chi connectivity index (χ0v) is 14.0. The maximum Gasteiger partial charge on any atom is 0.433 e. The van der Waals surface area contributed by atoms with Crippen molar-refractivity contribution in [2.75, 3.05) is 6.54 Å². The Morgan fingerprint density at radius 3 is 2.30 bits per heavy atom. The number of amides is 1. The highest BCUT2D eigenvalue weighted by molar-refractivity contribution is 5.93. The quantitative estimate of drug-likeness (QED) is 0.853. The molecule has 4 nitrogen and oxygen atoms in total. The molecule has 0 bridgehead atoms. The van der Waals surface area contributed by atoms with Crippen LogP contribution in [0.25, 0.3) is 0 Å². The number of rotatable bonds is 3. The maximum absolute atomic E-state index is 12.4. The molecule has 1 aliphatic rings. The van der Waals surface area contributed by atoms with Crippen LogP contribution in [0.2, 0.25) is 0 Å². The van der Waals surface area contributed by atoms with E-state index in [0.29, 0.717) is 6.54 Å². The largest absolute Gasteiger partial charge is 0.433 e. The highest BCUT2D eigenvalue weighted by Crippen LogP contribution is 2.27. The fourth-order valence-electron chi connectivity index (χ4n) is 2.49. The molecule has 23 heavy (non-hydrogen) atoms. The predicted octanol–water partition coefficient (Wildman–Crippen LogP) is 3.34. The second kappa shape index (κ2) is 8.70. The van der Waals surface area contributed by atoms with Crippen LogP contribution < -0.4 is 11.1 Å². The van der Waals surface area contributed by atoms with Gasteiger partial charge in [-0.2, -0.15) is 13.2 Å². The van der Waals surface area contributed by atoms with E-state index >= 15 is 0 Å². The van der Waals surface area contributed by atoms with Crippen molar-refractivity contribution >= 4 is 30.7 Å². The molecule has 0 radical (unpaired) electrons. The number of halogens is 5. The van der Waals surface area contributed by atoms with Crippen molar-refractivity contribution in [2.24, 2.45) is 5.73 Å². The lowest BCUT2D eigenvalue weighted by atomic mass is 9.82. The van der Waals surface area contributed by atoms with Crippen molar-refractivity contribution in [2.45, 2.75) is 43.8 Å². The van der Waals surface area contributed by atoms with Crippen LogP contribution in [0.4, 0.5) is 13.2 Å². The molecule has 1 amide bonds. The van der Waals surface area contributed by atoms with Gasteiger partial charge in [0.15, 0.2) is 0 Å². The van der Waals surface area contributed by atoms with Gasteiger partial charge < -0.3 is 11.1 Å². The van der Waals surface area contributed by atoms with E-state index in [1.54, 1.807) is 0 Å². The Balaban J connectivity index is 0.00000242. The number of nitrogens with two attached hydrogens (primary N) is 1. The average molecular weight is 374 g/mol. The number of alkyl halides is 3. The Morgan fingerprint density at radius 2 is 1.83 bits per heavy atom. The van der Waals surface area contributed by atoms with Crippen LogP contribution in [0.5, 0.6) is 0 Å². The van der Waals surface area contributed by atoms with Gasteiger partial charge in [0.2, 0.25) is 0 Å². The van der Waals surface area contributed by atoms with Gasteiger partial charge in [0.05, 0.1) is 5.56 Å². The lowest BCUT2D eigenvalue weighted by Gasteiger charge is -2.33. The Hall–Kier alpha value is -1.05. The van der Waals surface area contributed by atoms with Crippen LogP contribution in [0.1, 0.15) is 48.2 Å². The highest BCUT2D eigenvalue weighted by atomic mass is 35.5. The van der Waals surface area contributed by atoms with Gasteiger partial charge >= 0.3 is 6.18 Å². The van der Waals surface area contributed by atoms with E-state index in [0.717, 1.165) is 50.4 Å². The number of aromatic nitrogens is 1. The van der Waals surface area contributed by atoms with Crippen LogP contribution in [-0.2, 0) is 6.18 Å². The van der Waals surface area contributed by atoms with Crippen molar-refractivity contribution in [3.05, 3.63) is 29.6 Å². The summed E-state index contributed by atoms with van der Waals surface area (Å²) in [7, 11) is 0. The van der Waals surface area contributed by atoms with Crippen molar-refractivity contribution in [1.82, 2.24) is 10.3 Å². The van der Waals surface area contributed by atoms with Gasteiger partial charge in [-0.15, -0.1) is 24.8 Å². The number of hydrogen-bond acceptors (Lipinski definition) is 3. The molecule has 1 fully saturated rings. The molecule has 1 heterocycles. The first-order valence-corrected chi connectivity index (χ1v) is 6.91. The zero-order chi connectivity index (χ0) is 15.5. The normalized spacial score (nSPS) is 16.7. The van der Waals surface area contributed by atoms with Crippen LogP contribution >= 0.6 is 24.8 Å². The summed E-state index contributed by atoms with van der Waals surface area (Å²) in [5.41, 5.74) is 4.87. The molecule has 9 heteroatoms. The first kappa shape index (κ1) is 21.9. The summed E-state index contributed by atoms with van der Waals surface area (Å²) in [5, 5.41) is 2.68. The lowest BCUT2D eigenvalue weighted by Crippen LogP contribution is -2.51. The van der Waals surface area contributed by atoms with Gasteiger partial charge in [-0.3, -0.25) is 9.78 Å². The van der Waals surface area contributed by atoms with E-state index in [9.17, 15) is 18.0 Å². The van der Waals surface area contributed by atoms with E-state index in [4.69, 9.17) is 5.73 Å². The summed E-state index contributed by atoms with van der Waals surface area (Å²) in [5.74, 6) is -0.452. The molecular formula is C14H20Cl2F3N3O. The number of nitrogens with zero attached hydrogens (tertiary/aromatic N) is 1. The first-order valence-electron chi connectivity index (χ1n) is 6.91. The molecule has 1 aliphatic carbocycles. The Labute approximate surface area is 145 Å². The molecule has 132 valence electrons. The van der Waals surface area contributed by atoms with Crippen LogP contribution in [0, 0.1) is 0 Å². The molecule has 1 aromatic heterocycles. The SMILES string of the molecule is Cl.Cl.NC1(CNC(=O)c2ccc(C(F)(F)F)nc2)CCCCC1.